The van der Waals surface area contributed by atoms with E-state index in [2.05, 4.69) is 12.8 Å². The number of carboxylic acid groups (broad SMARTS) is 1. The van der Waals surface area contributed by atoms with Gasteiger partial charge < -0.3 is 5.11 Å². The molecule has 0 saturated heterocycles. The van der Waals surface area contributed by atoms with Crippen molar-refractivity contribution in [2.24, 2.45) is 0 Å². The Kier molecular flexibility index (Phi) is 11.1. The van der Waals surface area contributed by atoms with E-state index in [-0.39, 0.29) is 0 Å². The van der Waals surface area contributed by atoms with Crippen LogP contribution >= 0.6 is 0 Å². The molecule has 0 aliphatic carbocycles. The Morgan fingerprint density at radius 1 is 1.75 bits per heavy atom. The smallest absolute Gasteiger partial charge is 0.317 e. The van der Waals surface area contributed by atoms with Crippen molar-refractivity contribution >= 4 is 5.97 Å². The predicted molar refractivity (Wildman–Crippen MR) is 27.8 cm³/mol. The number of hydrogen-bond donors (Lipinski definition) is 1. The maximum Gasteiger partial charge on any atom is 0.317 e. The van der Waals surface area contributed by atoms with Crippen molar-refractivity contribution in [3.63, 3.8) is 0 Å². The number of nitrogens with zero attached hydrogens (tertiary/aromatic N) is 1. The van der Waals surface area contributed by atoms with Gasteiger partial charge in [0.05, 0.1) is 6.07 Å². The molecule has 0 aliphatic rings. The van der Waals surface area contributed by atoms with Crippen molar-refractivity contribution in [2.45, 2.75) is 6.42 Å². The van der Waals surface area contributed by atoms with E-state index < -0.39 is 12.4 Å². The maximum atomic E-state index is 9.38. The van der Waals surface area contributed by atoms with Crippen LogP contribution in [0.4, 0.5) is 0 Å². The number of terminal acetylenes is 1. The third-order valence-electron chi connectivity index (χ3n) is 0.230. The standard InChI is InChI=1S/C3H3NO2.C2H2/c4-2-1-3(5)6;1-2/h1H2,(H,5,6);1-2H. The molecule has 0 aromatic heterocycles. The Morgan fingerprint density at radius 2 is 2.12 bits per heavy atom. The summed E-state index contributed by atoms with van der Waals surface area (Å²) >= 11 is 0. The Bertz CT molecular complexity index is 120. The number of nitriles is 1. The van der Waals surface area contributed by atoms with E-state index in [1.54, 1.807) is 0 Å². The van der Waals surface area contributed by atoms with Crippen molar-refractivity contribution in [1.82, 2.24) is 0 Å². The van der Waals surface area contributed by atoms with Gasteiger partial charge in [0, 0.05) is 0 Å². The fourth-order valence-electron chi connectivity index (χ4n) is 0.0676. The molecule has 0 bridgehead atoms. The van der Waals surface area contributed by atoms with E-state index in [9.17, 15) is 4.79 Å². The number of aliphatic carboxylic acids is 1. The summed E-state index contributed by atoms with van der Waals surface area (Å²) < 4.78 is 0. The second-order valence-electron chi connectivity index (χ2n) is 0.729. The molecule has 0 unspecified atom stereocenters. The number of carboxylic acids is 1. The third kappa shape index (κ3) is 24.2. The molecule has 0 rings (SSSR count). The summed E-state index contributed by atoms with van der Waals surface area (Å²) in [6, 6.07) is 1.47. The number of hydrogen-bond acceptors (Lipinski definition) is 2. The first kappa shape index (κ1) is 9.72. The first-order chi connectivity index (χ1) is 3.77. The van der Waals surface area contributed by atoms with Gasteiger partial charge in [-0.05, 0) is 0 Å². The second-order valence-corrected chi connectivity index (χ2v) is 0.729. The molecule has 0 atom stereocenters. The summed E-state index contributed by atoms with van der Waals surface area (Å²) in [5, 5.41) is 15.3. The topological polar surface area (TPSA) is 61.1 Å². The van der Waals surface area contributed by atoms with Crippen molar-refractivity contribution in [2.75, 3.05) is 0 Å². The lowest BCUT2D eigenvalue weighted by Crippen LogP contribution is -1.88. The minimum Gasteiger partial charge on any atom is -0.480 e. The average Bonchev–Trinajstić information content (AvgIpc) is 1.72. The van der Waals surface area contributed by atoms with E-state index in [1.165, 1.54) is 6.07 Å². The zero-order chi connectivity index (χ0) is 6.99. The molecule has 0 amide bonds. The molecule has 0 saturated carbocycles. The van der Waals surface area contributed by atoms with Crippen molar-refractivity contribution in [1.29, 1.82) is 5.26 Å². The molecule has 3 nitrogen and oxygen atoms in total. The summed E-state index contributed by atoms with van der Waals surface area (Å²) in [4.78, 5) is 9.38. The predicted octanol–water partition coefficient (Wildman–Crippen LogP) is 0.234. The molecule has 0 heterocycles. The molecule has 0 fully saturated rings. The van der Waals surface area contributed by atoms with Crippen LogP contribution < -0.4 is 0 Å². The average molecular weight is 111 g/mol. The molecule has 0 aliphatic heterocycles. The van der Waals surface area contributed by atoms with Crippen LogP contribution in [0.25, 0.3) is 0 Å². The molecule has 0 aromatic rings. The van der Waals surface area contributed by atoms with Crippen LogP contribution in [0.1, 0.15) is 6.42 Å². The van der Waals surface area contributed by atoms with Crippen LogP contribution in [-0.2, 0) is 4.79 Å². The Balaban J connectivity index is 0. The fourth-order valence-corrected chi connectivity index (χ4v) is 0.0676. The molecule has 42 valence electrons. The monoisotopic (exact) mass is 111 g/mol. The quantitative estimate of drug-likeness (QED) is 0.493. The van der Waals surface area contributed by atoms with E-state index in [0.717, 1.165) is 0 Å². The molecule has 0 aromatic carbocycles. The van der Waals surface area contributed by atoms with Crippen LogP contribution in [0.2, 0.25) is 0 Å². The van der Waals surface area contributed by atoms with E-state index in [0.29, 0.717) is 0 Å². The van der Waals surface area contributed by atoms with Gasteiger partial charge in [-0.3, -0.25) is 4.79 Å². The van der Waals surface area contributed by atoms with E-state index in [4.69, 9.17) is 10.4 Å². The van der Waals surface area contributed by atoms with Gasteiger partial charge in [0.15, 0.2) is 0 Å². The zero-order valence-electron chi connectivity index (χ0n) is 4.16. The van der Waals surface area contributed by atoms with Crippen LogP contribution in [0, 0.1) is 24.2 Å². The van der Waals surface area contributed by atoms with Gasteiger partial charge >= 0.3 is 5.97 Å². The van der Waals surface area contributed by atoms with Gasteiger partial charge in [0.25, 0.3) is 0 Å². The van der Waals surface area contributed by atoms with Gasteiger partial charge in [-0.1, -0.05) is 0 Å². The minimum atomic E-state index is -1.07. The van der Waals surface area contributed by atoms with Crippen LogP contribution in [0.15, 0.2) is 0 Å². The highest BCUT2D eigenvalue weighted by Gasteiger charge is 1.87. The molecule has 0 radical (unpaired) electrons. The Morgan fingerprint density at radius 3 is 2.12 bits per heavy atom. The van der Waals surface area contributed by atoms with Crippen molar-refractivity contribution < 1.29 is 9.90 Å². The molecule has 1 N–H and O–H groups in total. The van der Waals surface area contributed by atoms with Gasteiger partial charge in [0.2, 0.25) is 0 Å². The number of carbonyl (C=O) groups is 1. The van der Waals surface area contributed by atoms with Crippen LogP contribution in [0.3, 0.4) is 0 Å². The first-order valence-electron chi connectivity index (χ1n) is 1.69. The molecule has 8 heavy (non-hydrogen) atoms. The fraction of sp³-hybridized carbons (Fsp3) is 0.200. The van der Waals surface area contributed by atoms with Gasteiger partial charge in [-0.25, -0.2) is 0 Å². The Labute approximate surface area is 47.6 Å². The lowest BCUT2D eigenvalue weighted by atomic mass is 10.5. The zero-order valence-corrected chi connectivity index (χ0v) is 4.16. The largest absolute Gasteiger partial charge is 0.480 e. The van der Waals surface area contributed by atoms with Gasteiger partial charge in [0.1, 0.15) is 6.42 Å². The molecular weight excluding hydrogens is 106 g/mol. The highest BCUT2D eigenvalue weighted by atomic mass is 16.4. The summed E-state index contributed by atoms with van der Waals surface area (Å²) in [6.07, 6.45) is 7.60. The van der Waals surface area contributed by atoms with E-state index in [1.807, 2.05) is 0 Å². The lowest BCUT2D eigenvalue weighted by molar-refractivity contribution is -0.135. The number of rotatable bonds is 1. The summed E-state index contributed by atoms with van der Waals surface area (Å²) in [7, 11) is 0. The summed E-state index contributed by atoms with van der Waals surface area (Å²) in [5.41, 5.74) is 0. The lowest BCUT2D eigenvalue weighted by Gasteiger charge is -1.70. The van der Waals surface area contributed by atoms with Gasteiger partial charge in [-0.2, -0.15) is 5.26 Å². The first-order valence-corrected chi connectivity index (χ1v) is 1.69. The minimum absolute atomic E-state index is 0.403. The second kappa shape index (κ2) is 9.10. The SMILES string of the molecule is C#C.N#CCC(=O)O. The molecule has 0 spiro atoms. The normalized spacial score (nSPS) is 5.12. The maximum absolute atomic E-state index is 9.38. The summed E-state index contributed by atoms with van der Waals surface area (Å²) in [6.45, 7) is 0. The third-order valence-corrected chi connectivity index (χ3v) is 0.230. The molecular formula is C5H5NO2. The highest BCUT2D eigenvalue weighted by molar-refractivity contribution is 5.69. The van der Waals surface area contributed by atoms with Gasteiger partial charge in [-0.15, -0.1) is 12.8 Å². The summed E-state index contributed by atoms with van der Waals surface area (Å²) in [5.74, 6) is -1.07. The van der Waals surface area contributed by atoms with Crippen molar-refractivity contribution in [3.8, 4) is 18.9 Å². The van der Waals surface area contributed by atoms with Crippen molar-refractivity contribution in [3.05, 3.63) is 0 Å². The van der Waals surface area contributed by atoms with Crippen LogP contribution in [-0.4, -0.2) is 11.1 Å². The highest BCUT2D eigenvalue weighted by Crippen LogP contribution is 1.68. The van der Waals surface area contributed by atoms with E-state index >= 15 is 0 Å². The molecule has 3 heteroatoms. The van der Waals surface area contributed by atoms with Crippen LogP contribution in [0.5, 0.6) is 0 Å². The Hall–Kier alpha value is -1.48.